The van der Waals surface area contributed by atoms with E-state index in [9.17, 15) is 0 Å². The molecule has 18 heavy (non-hydrogen) atoms. The van der Waals surface area contributed by atoms with Gasteiger partial charge in [0.15, 0.2) is 0 Å². The third-order valence-electron chi connectivity index (χ3n) is 3.46. The van der Waals surface area contributed by atoms with Crippen LogP contribution in [-0.2, 0) is 0 Å². The molecule has 0 amide bonds. The minimum atomic E-state index is -0.143. The fourth-order valence-electron chi connectivity index (χ4n) is 2.49. The molecule has 2 rings (SSSR count). The molecule has 0 radical (unpaired) electrons. The highest BCUT2D eigenvalue weighted by molar-refractivity contribution is 6.43. The zero-order valence-corrected chi connectivity index (χ0v) is 12.9. The zero-order chi connectivity index (χ0) is 12.4. The van der Waals surface area contributed by atoms with E-state index in [1.807, 2.05) is 0 Å². The molecule has 0 aromatic carbocycles. The molecule has 0 bridgehead atoms. The number of halogens is 4. The van der Waals surface area contributed by atoms with Crippen molar-refractivity contribution in [3.05, 3.63) is 27.0 Å². The number of nitrogens with two attached hydrogens (primary N) is 1. The van der Waals surface area contributed by atoms with Crippen molar-refractivity contribution in [2.45, 2.75) is 38.1 Å². The highest BCUT2D eigenvalue weighted by Crippen LogP contribution is 2.40. The lowest BCUT2D eigenvalue weighted by Gasteiger charge is -2.28. The van der Waals surface area contributed by atoms with E-state index in [1.165, 1.54) is 25.5 Å². The van der Waals surface area contributed by atoms with Crippen molar-refractivity contribution in [2.24, 2.45) is 11.7 Å². The molecule has 1 aromatic rings. The molecule has 0 saturated heterocycles. The molecule has 1 aliphatic rings. The Morgan fingerprint density at radius 2 is 1.78 bits per heavy atom. The van der Waals surface area contributed by atoms with Crippen LogP contribution in [0.3, 0.4) is 0 Å². The van der Waals surface area contributed by atoms with Gasteiger partial charge in [-0.2, -0.15) is 0 Å². The second-order valence-corrected chi connectivity index (χ2v) is 5.69. The molecule has 6 heteroatoms. The minimum Gasteiger partial charge on any atom is -0.324 e. The van der Waals surface area contributed by atoms with Crippen molar-refractivity contribution in [1.29, 1.82) is 0 Å². The summed E-state index contributed by atoms with van der Waals surface area (Å²) < 4.78 is 0. The maximum Gasteiger partial charge on any atom is 0.148 e. The number of hydrogen-bond donors (Lipinski definition) is 1. The largest absolute Gasteiger partial charge is 0.324 e. The Balaban J connectivity index is 0.00000162. The van der Waals surface area contributed by atoms with Gasteiger partial charge in [0.1, 0.15) is 5.15 Å². The van der Waals surface area contributed by atoms with Crippen LogP contribution < -0.4 is 5.73 Å². The highest BCUT2D eigenvalue weighted by atomic mass is 35.5. The van der Waals surface area contributed by atoms with E-state index in [0.717, 1.165) is 18.4 Å². The first-order valence-corrected chi connectivity index (χ1v) is 6.99. The molecule has 0 aliphatic heterocycles. The summed E-state index contributed by atoms with van der Waals surface area (Å²) in [7, 11) is 0. The number of pyridine rings is 1. The van der Waals surface area contributed by atoms with E-state index >= 15 is 0 Å². The first-order chi connectivity index (χ1) is 8.11. The van der Waals surface area contributed by atoms with Gasteiger partial charge in [-0.3, -0.25) is 0 Å². The average Bonchev–Trinajstić information content (AvgIpc) is 2.35. The lowest BCUT2D eigenvalue weighted by Crippen LogP contribution is -2.24. The molecule has 1 aromatic heterocycles. The molecule has 1 aliphatic carbocycles. The Bertz CT molecular complexity index is 405. The maximum absolute atomic E-state index is 6.28. The Hall–Kier alpha value is 0.270. The SMILES string of the molecule is Cl.N[C@@H](c1c(Cl)cnc(Cl)c1Cl)C1CCCCC1. The molecule has 0 unspecified atom stereocenters. The maximum atomic E-state index is 6.28. The first-order valence-electron chi connectivity index (χ1n) is 5.86. The number of nitrogens with zero attached hydrogens (tertiary/aromatic N) is 1. The second-order valence-electron chi connectivity index (χ2n) is 4.55. The van der Waals surface area contributed by atoms with Crippen LogP contribution in [0.4, 0.5) is 0 Å². The predicted molar refractivity (Wildman–Crippen MR) is 80.0 cm³/mol. The van der Waals surface area contributed by atoms with Gasteiger partial charge in [-0.15, -0.1) is 12.4 Å². The van der Waals surface area contributed by atoms with Crippen molar-refractivity contribution in [2.75, 3.05) is 0 Å². The molecule has 2 nitrogen and oxygen atoms in total. The first kappa shape index (κ1) is 16.3. The van der Waals surface area contributed by atoms with Crippen LogP contribution in [0, 0.1) is 5.92 Å². The topological polar surface area (TPSA) is 38.9 Å². The van der Waals surface area contributed by atoms with Gasteiger partial charge in [-0.25, -0.2) is 4.98 Å². The Labute approximate surface area is 129 Å². The smallest absolute Gasteiger partial charge is 0.148 e. The van der Waals surface area contributed by atoms with Crippen LogP contribution in [0.1, 0.15) is 43.7 Å². The molecule has 2 N–H and O–H groups in total. The standard InChI is InChI=1S/C12H15Cl3N2.ClH/c13-8-6-17-12(15)10(14)9(8)11(16)7-4-2-1-3-5-7;/h6-7,11H,1-5,16H2;1H/t11-;/m1./s1. The number of aromatic nitrogens is 1. The van der Waals surface area contributed by atoms with Gasteiger partial charge < -0.3 is 5.73 Å². The predicted octanol–water partition coefficient (Wildman–Crippen LogP) is 5.04. The summed E-state index contributed by atoms with van der Waals surface area (Å²) in [6.45, 7) is 0. The third kappa shape index (κ3) is 3.43. The molecule has 102 valence electrons. The normalized spacial score (nSPS) is 18.2. The van der Waals surface area contributed by atoms with Gasteiger partial charge in [0.2, 0.25) is 0 Å². The van der Waals surface area contributed by atoms with E-state index in [0.29, 0.717) is 16.0 Å². The highest BCUT2D eigenvalue weighted by Gasteiger charge is 2.26. The summed E-state index contributed by atoms with van der Waals surface area (Å²) in [5.74, 6) is 0.442. The second kappa shape index (κ2) is 7.16. The zero-order valence-electron chi connectivity index (χ0n) is 9.83. The van der Waals surface area contributed by atoms with Crippen molar-refractivity contribution in [1.82, 2.24) is 4.98 Å². The molecule has 1 saturated carbocycles. The Morgan fingerprint density at radius 3 is 2.39 bits per heavy atom. The summed E-state index contributed by atoms with van der Waals surface area (Å²) in [5, 5.41) is 1.19. The van der Waals surface area contributed by atoms with Crippen LogP contribution >= 0.6 is 47.2 Å². The van der Waals surface area contributed by atoms with E-state index < -0.39 is 0 Å². The molecule has 1 atom stereocenters. The van der Waals surface area contributed by atoms with E-state index in [-0.39, 0.29) is 23.6 Å². The number of rotatable bonds is 2. The molecule has 0 spiro atoms. The van der Waals surface area contributed by atoms with Crippen molar-refractivity contribution in [3.8, 4) is 0 Å². The summed E-state index contributed by atoms with van der Waals surface area (Å²) in [6.07, 6.45) is 7.54. The monoisotopic (exact) mass is 328 g/mol. The molecular formula is C12H16Cl4N2. The van der Waals surface area contributed by atoms with Gasteiger partial charge >= 0.3 is 0 Å². The van der Waals surface area contributed by atoms with Crippen LogP contribution in [0.25, 0.3) is 0 Å². The third-order valence-corrected chi connectivity index (χ3v) is 4.52. The minimum absolute atomic E-state index is 0. The lowest BCUT2D eigenvalue weighted by atomic mass is 9.82. The van der Waals surface area contributed by atoms with E-state index in [2.05, 4.69) is 4.98 Å². The quantitative estimate of drug-likeness (QED) is 0.771. The van der Waals surface area contributed by atoms with Gasteiger partial charge in [0, 0.05) is 17.8 Å². The average molecular weight is 330 g/mol. The van der Waals surface area contributed by atoms with Crippen LogP contribution in [0.15, 0.2) is 6.20 Å². The molecular weight excluding hydrogens is 314 g/mol. The van der Waals surface area contributed by atoms with E-state index in [4.69, 9.17) is 40.5 Å². The lowest BCUT2D eigenvalue weighted by molar-refractivity contribution is 0.308. The summed E-state index contributed by atoms with van der Waals surface area (Å²) in [4.78, 5) is 3.91. The summed E-state index contributed by atoms with van der Waals surface area (Å²) >= 11 is 18.2. The fraction of sp³-hybridized carbons (Fsp3) is 0.583. The Morgan fingerprint density at radius 1 is 1.17 bits per heavy atom. The molecule has 1 heterocycles. The van der Waals surface area contributed by atoms with Crippen LogP contribution in [0.5, 0.6) is 0 Å². The summed E-state index contributed by atoms with van der Waals surface area (Å²) in [5.41, 5.74) is 7.04. The summed E-state index contributed by atoms with van der Waals surface area (Å²) in [6, 6.07) is -0.143. The molecule has 1 fully saturated rings. The van der Waals surface area contributed by atoms with Crippen molar-refractivity contribution in [3.63, 3.8) is 0 Å². The van der Waals surface area contributed by atoms with Crippen LogP contribution in [-0.4, -0.2) is 4.98 Å². The fourth-order valence-corrected chi connectivity index (χ4v) is 3.23. The van der Waals surface area contributed by atoms with Gasteiger partial charge in [-0.1, -0.05) is 54.1 Å². The van der Waals surface area contributed by atoms with Crippen molar-refractivity contribution < 1.29 is 0 Å². The van der Waals surface area contributed by atoms with E-state index in [1.54, 1.807) is 0 Å². The Kier molecular flexibility index (Phi) is 6.49. The van der Waals surface area contributed by atoms with Crippen molar-refractivity contribution >= 4 is 47.2 Å². The van der Waals surface area contributed by atoms with Gasteiger partial charge in [0.25, 0.3) is 0 Å². The van der Waals surface area contributed by atoms with Crippen LogP contribution in [0.2, 0.25) is 15.2 Å². The van der Waals surface area contributed by atoms with Gasteiger partial charge in [-0.05, 0) is 18.8 Å². The van der Waals surface area contributed by atoms with Gasteiger partial charge in [0.05, 0.1) is 10.0 Å². The number of hydrogen-bond acceptors (Lipinski definition) is 2.